The number of anilines is 2. The Morgan fingerprint density at radius 2 is 2.06 bits per heavy atom. The number of nitrogens with zero attached hydrogens (tertiary/aromatic N) is 1. The summed E-state index contributed by atoms with van der Waals surface area (Å²) in [5, 5.41) is 2.12. The lowest BCUT2D eigenvalue weighted by Crippen LogP contribution is -2.20. The van der Waals surface area contributed by atoms with Crippen LogP contribution in [0.5, 0.6) is 0 Å². The molecule has 0 amide bonds. The summed E-state index contributed by atoms with van der Waals surface area (Å²) in [6.07, 6.45) is 0. The van der Waals surface area contributed by atoms with E-state index in [9.17, 15) is 0 Å². The summed E-state index contributed by atoms with van der Waals surface area (Å²) in [5.41, 5.74) is 9.03. The molecule has 1 atom stereocenters. The zero-order valence-corrected chi connectivity index (χ0v) is 11.3. The second-order valence-electron chi connectivity index (χ2n) is 4.34. The number of thiophene rings is 1. The highest BCUT2D eigenvalue weighted by Gasteiger charge is 2.13. The molecular weight excluding hydrogens is 228 g/mol. The number of hydrogen-bond donors (Lipinski definition) is 1. The average Bonchev–Trinajstić information content (AvgIpc) is 2.84. The lowest BCUT2D eigenvalue weighted by molar-refractivity contribution is 0.754. The molecular formula is C14H18N2S. The minimum Gasteiger partial charge on any atom is -0.399 e. The van der Waals surface area contributed by atoms with Crippen LogP contribution in [0.1, 0.15) is 23.4 Å². The fourth-order valence-electron chi connectivity index (χ4n) is 1.82. The second kappa shape index (κ2) is 4.80. The molecule has 0 aliphatic carbocycles. The van der Waals surface area contributed by atoms with Gasteiger partial charge in [-0.15, -0.1) is 11.3 Å². The molecule has 2 nitrogen and oxygen atoms in total. The van der Waals surface area contributed by atoms with Crippen molar-refractivity contribution in [3.8, 4) is 0 Å². The zero-order chi connectivity index (χ0) is 12.4. The molecule has 2 aromatic rings. The molecule has 90 valence electrons. The minimum atomic E-state index is 0.387. The van der Waals surface area contributed by atoms with Crippen molar-refractivity contribution in [1.29, 1.82) is 0 Å². The maximum absolute atomic E-state index is 5.84. The molecule has 0 spiro atoms. The van der Waals surface area contributed by atoms with Crippen LogP contribution in [0.3, 0.4) is 0 Å². The Bertz CT molecular complexity index is 491. The SMILES string of the molecule is Cc1cc(N(C)C(C)c2cccs2)ccc1N. The van der Waals surface area contributed by atoms with E-state index in [0.717, 1.165) is 11.3 Å². The molecule has 3 heteroatoms. The quantitative estimate of drug-likeness (QED) is 0.834. The Hall–Kier alpha value is -1.48. The number of hydrogen-bond acceptors (Lipinski definition) is 3. The van der Waals surface area contributed by atoms with E-state index in [1.54, 1.807) is 11.3 Å². The highest BCUT2D eigenvalue weighted by molar-refractivity contribution is 7.10. The van der Waals surface area contributed by atoms with Crippen LogP contribution in [0.15, 0.2) is 35.7 Å². The average molecular weight is 246 g/mol. The summed E-state index contributed by atoms with van der Waals surface area (Å²) in [7, 11) is 2.12. The van der Waals surface area contributed by atoms with E-state index in [1.807, 2.05) is 13.0 Å². The van der Waals surface area contributed by atoms with E-state index in [1.165, 1.54) is 10.6 Å². The number of nitrogen functional groups attached to an aromatic ring is 1. The van der Waals surface area contributed by atoms with Gasteiger partial charge in [-0.3, -0.25) is 0 Å². The van der Waals surface area contributed by atoms with Crippen molar-refractivity contribution in [3.05, 3.63) is 46.2 Å². The highest BCUT2D eigenvalue weighted by atomic mass is 32.1. The molecule has 1 heterocycles. The Kier molecular flexibility index (Phi) is 3.38. The van der Waals surface area contributed by atoms with E-state index in [2.05, 4.69) is 48.5 Å². The number of rotatable bonds is 3. The first-order valence-corrected chi connectivity index (χ1v) is 6.60. The third kappa shape index (κ3) is 2.44. The predicted octanol–water partition coefficient (Wildman–Crippen LogP) is 3.84. The van der Waals surface area contributed by atoms with Gasteiger partial charge in [0.15, 0.2) is 0 Å². The van der Waals surface area contributed by atoms with E-state index in [-0.39, 0.29) is 0 Å². The molecule has 0 saturated carbocycles. The Labute approximate surface area is 107 Å². The third-order valence-corrected chi connectivity index (χ3v) is 4.24. The Morgan fingerprint density at radius 3 is 2.65 bits per heavy atom. The third-order valence-electron chi connectivity index (χ3n) is 3.20. The predicted molar refractivity (Wildman–Crippen MR) is 76.7 cm³/mol. The van der Waals surface area contributed by atoms with Gasteiger partial charge in [0.2, 0.25) is 0 Å². The van der Waals surface area contributed by atoms with E-state index in [0.29, 0.717) is 6.04 Å². The number of benzene rings is 1. The Morgan fingerprint density at radius 1 is 1.29 bits per heavy atom. The van der Waals surface area contributed by atoms with Gasteiger partial charge in [0.05, 0.1) is 6.04 Å². The molecule has 0 aliphatic heterocycles. The van der Waals surface area contributed by atoms with Crippen LogP contribution >= 0.6 is 11.3 Å². The van der Waals surface area contributed by atoms with Gasteiger partial charge in [-0.05, 0) is 49.1 Å². The zero-order valence-electron chi connectivity index (χ0n) is 10.5. The topological polar surface area (TPSA) is 29.3 Å². The van der Waals surface area contributed by atoms with E-state index < -0.39 is 0 Å². The van der Waals surface area contributed by atoms with E-state index in [4.69, 9.17) is 5.73 Å². The van der Waals surface area contributed by atoms with Crippen molar-refractivity contribution in [3.63, 3.8) is 0 Å². The van der Waals surface area contributed by atoms with Gasteiger partial charge in [-0.2, -0.15) is 0 Å². The summed E-state index contributed by atoms with van der Waals surface area (Å²) in [6.45, 7) is 4.26. The first-order valence-electron chi connectivity index (χ1n) is 5.72. The maximum Gasteiger partial charge on any atom is 0.0603 e. The summed E-state index contributed by atoms with van der Waals surface area (Å²) < 4.78 is 0. The molecule has 0 saturated heterocycles. The lowest BCUT2D eigenvalue weighted by atomic mass is 10.1. The van der Waals surface area contributed by atoms with Crippen LogP contribution in [0.2, 0.25) is 0 Å². The molecule has 1 aromatic carbocycles. The first kappa shape index (κ1) is 12.0. The summed E-state index contributed by atoms with van der Waals surface area (Å²) in [4.78, 5) is 3.65. The second-order valence-corrected chi connectivity index (χ2v) is 5.32. The van der Waals surface area contributed by atoms with Gasteiger partial charge in [0.25, 0.3) is 0 Å². The van der Waals surface area contributed by atoms with Crippen molar-refractivity contribution < 1.29 is 0 Å². The fraction of sp³-hybridized carbons (Fsp3) is 0.286. The normalized spacial score (nSPS) is 12.4. The molecule has 1 unspecified atom stereocenters. The highest BCUT2D eigenvalue weighted by Crippen LogP contribution is 2.29. The molecule has 0 fully saturated rings. The number of nitrogens with two attached hydrogens (primary N) is 1. The molecule has 2 rings (SSSR count). The summed E-state index contributed by atoms with van der Waals surface area (Å²) in [6, 6.07) is 10.8. The van der Waals surface area contributed by atoms with Crippen LogP contribution in [-0.2, 0) is 0 Å². The van der Waals surface area contributed by atoms with Crippen LogP contribution in [0.25, 0.3) is 0 Å². The van der Waals surface area contributed by atoms with Crippen molar-refractivity contribution in [2.75, 3.05) is 17.7 Å². The van der Waals surface area contributed by atoms with Crippen molar-refractivity contribution in [2.24, 2.45) is 0 Å². The van der Waals surface area contributed by atoms with Gasteiger partial charge in [0.1, 0.15) is 0 Å². The lowest BCUT2D eigenvalue weighted by Gasteiger charge is -2.26. The molecule has 1 aromatic heterocycles. The van der Waals surface area contributed by atoms with Crippen molar-refractivity contribution in [2.45, 2.75) is 19.9 Å². The van der Waals surface area contributed by atoms with Gasteiger partial charge >= 0.3 is 0 Å². The number of aryl methyl sites for hydroxylation is 1. The molecule has 17 heavy (non-hydrogen) atoms. The standard InChI is InChI=1S/C14H18N2S/c1-10-9-12(6-7-13(10)15)16(3)11(2)14-5-4-8-17-14/h4-9,11H,15H2,1-3H3. The monoisotopic (exact) mass is 246 g/mol. The van der Waals surface area contributed by atoms with E-state index >= 15 is 0 Å². The molecule has 0 radical (unpaired) electrons. The van der Waals surface area contributed by atoms with Crippen LogP contribution < -0.4 is 10.6 Å². The molecule has 0 aliphatic rings. The van der Waals surface area contributed by atoms with Gasteiger partial charge < -0.3 is 10.6 Å². The maximum atomic E-state index is 5.84. The van der Waals surface area contributed by atoms with Crippen LogP contribution in [-0.4, -0.2) is 7.05 Å². The molecule has 2 N–H and O–H groups in total. The summed E-state index contributed by atoms with van der Waals surface area (Å²) >= 11 is 1.80. The van der Waals surface area contributed by atoms with Gasteiger partial charge in [-0.25, -0.2) is 0 Å². The smallest absolute Gasteiger partial charge is 0.0603 e. The summed E-state index contributed by atoms with van der Waals surface area (Å²) in [5.74, 6) is 0. The largest absolute Gasteiger partial charge is 0.399 e. The van der Waals surface area contributed by atoms with Crippen molar-refractivity contribution >= 4 is 22.7 Å². The minimum absolute atomic E-state index is 0.387. The van der Waals surface area contributed by atoms with Gasteiger partial charge in [-0.1, -0.05) is 6.07 Å². The van der Waals surface area contributed by atoms with Crippen molar-refractivity contribution in [1.82, 2.24) is 0 Å². The van der Waals surface area contributed by atoms with Crippen LogP contribution in [0, 0.1) is 6.92 Å². The molecule has 0 bridgehead atoms. The van der Waals surface area contributed by atoms with Crippen LogP contribution in [0.4, 0.5) is 11.4 Å². The van der Waals surface area contributed by atoms with Gasteiger partial charge in [0, 0.05) is 23.3 Å². The fourth-order valence-corrected chi connectivity index (χ4v) is 2.65. The first-order chi connectivity index (χ1) is 8.09. The Balaban J connectivity index is 2.24.